The fourth-order valence-electron chi connectivity index (χ4n) is 2.34. The van der Waals surface area contributed by atoms with Crippen molar-refractivity contribution in [3.63, 3.8) is 0 Å². The van der Waals surface area contributed by atoms with Crippen molar-refractivity contribution in [2.75, 3.05) is 12.8 Å². The Morgan fingerprint density at radius 3 is 2.82 bits per heavy atom. The molecule has 0 bridgehead atoms. The number of hydrogen-bond acceptors (Lipinski definition) is 6. The molecule has 0 spiro atoms. The van der Waals surface area contributed by atoms with Gasteiger partial charge in [0.2, 0.25) is 11.1 Å². The molecule has 0 aliphatic heterocycles. The average molecular weight is 456 g/mol. The maximum absolute atomic E-state index is 12.4. The van der Waals surface area contributed by atoms with Crippen molar-refractivity contribution < 1.29 is 13.2 Å². The molecule has 0 aliphatic carbocycles. The molecule has 10 heteroatoms. The minimum Gasteiger partial charge on any atom is -0.362 e. The molecule has 6 nitrogen and oxygen atoms in total. The first-order valence-corrected chi connectivity index (χ1v) is 11.1. The van der Waals surface area contributed by atoms with Crippen LogP contribution in [0.15, 0.2) is 42.6 Å². The summed E-state index contributed by atoms with van der Waals surface area (Å²) in [5.41, 5.74) is 1.51. The van der Waals surface area contributed by atoms with Crippen LogP contribution < -0.4 is 9.50 Å². The lowest BCUT2D eigenvalue weighted by Gasteiger charge is -2.06. The zero-order chi connectivity index (χ0) is 20.1. The van der Waals surface area contributed by atoms with Crippen molar-refractivity contribution in [1.82, 2.24) is 15.3 Å². The monoisotopic (exact) mass is 455 g/mol. The maximum Gasteiger partial charge on any atom is 0.331 e. The van der Waals surface area contributed by atoms with Crippen molar-refractivity contribution in [2.24, 2.45) is 0 Å². The Morgan fingerprint density at radius 2 is 2.07 bits per heavy atom. The predicted octanol–water partition coefficient (Wildman–Crippen LogP) is 4.16. The molecular weight excluding hydrogens is 441 g/mol. The van der Waals surface area contributed by atoms with Crippen LogP contribution in [0.3, 0.4) is 0 Å². The van der Waals surface area contributed by atoms with Gasteiger partial charge in [-0.2, -0.15) is 4.98 Å². The highest BCUT2D eigenvalue weighted by Gasteiger charge is 2.12. The third-order valence-electron chi connectivity index (χ3n) is 3.60. The van der Waals surface area contributed by atoms with Gasteiger partial charge in [0.25, 0.3) is 5.91 Å². The molecule has 1 amide bonds. The molecule has 3 aromatic rings. The van der Waals surface area contributed by atoms with Crippen LogP contribution in [0.4, 0.5) is 0 Å². The number of thiophene rings is 1. The van der Waals surface area contributed by atoms with Crippen LogP contribution in [-0.2, 0) is 17.5 Å². The standard InChI is InChI=1S/C18H15Cl2N3O3S2/c1-28(25)26-18-22-9-7-14(23-18)15-4-5-16(27-15)17(24)21-8-6-11-2-3-12(19)10-13(11)20/h2-5,7,9-10H,6,8H2,1H3,(H,21,24). The van der Waals surface area contributed by atoms with E-state index in [1.807, 2.05) is 6.07 Å². The number of carbonyl (C=O) groups is 1. The molecule has 0 radical (unpaired) electrons. The molecular formula is C18H15Cl2N3O3S2. The summed E-state index contributed by atoms with van der Waals surface area (Å²) in [6.07, 6.45) is 3.50. The van der Waals surface area contributed by atoms with Crippen molar-refractivity contribution in [1.29, 1.82) is 0 Å². The zero-order valence-corrected chi connectivity index (χ0v) is 17.8. The zero-order valence-electron chi connectivity index (χ0n) is 14.6. The van der Waals surface area contributed by atoms with Crippen LogP contribution in [0.2, 0.25) is 10.0 Å². The fourth-order valence-corrected chi connectivity index (χ4v) is 4.03. The van der Waals surface area contributed by atoms with E-state index in [0.717, 1.165) is 10.4 Å². The number of rotatable bonds is 7. The van der Waals surface area contributed by atoms with Crippen molar-refractivity contribution in [2.45, 2.75) is 6.42 Å². The lowest BCUT2D eigenvalue weighted by molar-refractivity contribution is 0.0958. The third kappa shape index (κ3) is 5.51. The van der Waals surface area contributed by atoms with E-state index in [1.165, 1.54) is 23.8 Å². The highest BCUT2D eigenvalue weighted by molar-refractivity contribution is 7.79. The summed E-state index contributed by atoms with van der Waals surface area (Å²) in [5.74, 6) is -0.179. The van der Waals surface area contributed by atoms with Gasteiger partial charge in [0.1, 0.15) is 0 Å². The number of halogens is 2. The van der Waals surface area contributed by atoms with Gasteiger partial charge in [0.05, 0.1) is 15.4 Å². The fraction of sp³-hybridized carbons (Fsp3) is 0.167. The first-order valence-electron chi connectivity index (χ1n) is 8.09. The van der Waals surface area contributed by atoms with Crippen LogP contribution in [0.25, 0.3) is 10.6 Å². The lowest BCUT2D eigenvalue weighted by Crippen LogP contribution is -2.24. The second kappa shape index (κ2) is 9.47. The van der Waals surface area contributed by atoms with E-state index in [-0.39, 0.29) is 11.9 Å². The van der Waals surface area contributed by atoms with Gasteiger partial charge >= 0.3 is 6.01 Å². The van der Waals surface area contributed by atoms with Gasteiger partial charge in [-0.15, -0.1) is 11.3 Å². The molecule has 1 N–H and O–H groups in total. The number of nitrogens with zero attached hydrogens (tertiary/aromatic N) is 2. The Bertz CT molecular complexity index is 1030. The molecule has 2 heterocycles. The van der Waals surface area contributed by atoms with Crippen LogP contribution in [-0.4, -0.2) is 32.9 Å². The molecule has 0 fully saturated rings. The van der Waals surface area contributed by atoms with Crippen molar-refractivity contribution >= 4 is 51.5 Å². The largest absolute Gasteiger partial charge is 0.362 e. The number of hydrogen-bond donors (Lipinski definition) is 1. The van der Waals surface area contributed by atoms with E-state index in [2.05, 4.69) is 15.3 Å². The summed E-state index contributed by atoms with van der Waals surface area (Å²) < 4.78 is 16.1. The summed E-state index contributed by atoms with van der Waals surface area (Å²) >= 11 is 11.8. The second-order valence-electron chi connectivity index (χ2n) is 5.61. The summed E-state index contributed by atoms with van der Waals surface area (Å²) in [4.78, 5) is 21.8. The molecule has 0 saturated heterocycles. The third-order valence-corrected chi connectivity index (χ3v) is 5.68. The predicted molar refractivity (Wildman–Crippen MR) is 113 cm³/mol. The SMILES string of the molecule is CS(=O)Oc1nccc(-c2ccc(C(=O)NCCc3ccc(Cl)cc3Cl)s2)n1. The Labute approximate surface area is 178 Å². The number of carbonyl (C=O) groups excluding carboxylic acids is 1. The number of amides is 1. The van der Waals surface area contributed by atoms with E-state index >= 15 is 0 Å². The highest BCUT2D eigenvalue weighted by Crippen LogP contribution is 2.27. The Morgan fingerprint density at radius 1 is 1.25 bits per heavy atom. The Kier molecular flexibility index (Phi) is 7.01. The van der Waals surface area contributed by atoms with Gasteiger partial charge in [-0.25, -0.2) is 9.19 Å². The van der Waals surface area contributed by atoms with Crippen molar-refractivity contribution in [3.05, 3.63) is 63.1 Å². The first kappa shape index (κ1) is 20.7. The lowest BCUT2D eigenvalue weighted by atomic mass is 10.1. The first-order chi connectivity index (χ1) is 13.4. The molecule has 28 heavy (non-hydrogen) atoms. The smallest absolute Gasteiger partial charge is 0.331 e. The molecule has 2 aromatic heterocycles. The van der Waals surface area contributed by atoms with Crippen LogP contribution >= 0.6 is 34.5 Å². The molecule has 1 unspecified atom stereocenters. The van der Waals surface area contributed by atoms with Gasteiger partial charge in [0.15, 0.2) is 0 Å². The summed E-state index contributed by atoms with van der Waals surface area (Å²) in [6, 6.07) is 10.5. The van der Waals surface area contributed by atoms with Gasteiger partial charge < -0.3 is 9.50 Å². The quantitative estimate of drug-likeness (QED) is 0.578. The van der Waals surface area contributed by atoms with Crippen LogP contribution in [0, 0.1) is 0 Å². The van der Waals surface area contributed by atoms with Crippen LogP contribution in [0.1, 0.15) is 15.2 Å². The normalized spacial score (nSPS) is 11.8. The molecule has 1 aromatic carbocycles. The van der Waals surface area contributed by atoms with E-state index in [1.54, 1.807) is 30.3 Å². The summed E-state index contributed by atoms with van der Waals surface area (Å²) in [5, 5.41) is 4.03. The van der Waals surface area contributed by atoms with E-state index in [4.69, 9.17) is 27.4 Å². The number of aromatic nitrogens is 2. The molecule has 146 valence electrons. The van der Waals surface area contributed by atoms with Crippen molar-refractivity contribution in [3.8, 4) is 16.6 Å². The average Bonchev–Trinajstić information content (AvgIpc) is 3.13. The minimum absolute atomic E-state index is 0.0255. The summed E-state index contributed by atoms with van der Waals surface area (Å²) in [7, 11) is 0. The Balaban J connectivity index is 1.61. The van der Waals surface area contributed by atoms with Gasteiger partial charge in [0, 0.05) is 29.0 Å². The number of benzene rings is 1. The summed E-state index contributed by atoms with van der Waals surface area (Å²) in [6.45, 7) is 0.446. The van der Waals surface area contributed by atoms with Gasteiger partial charge in [-0.05, 0) is 42.3 Å². The van der Waals surface area contributed by atoms with E-state index in [0.29, 0.717) is 33.6 Å². The molecule has 0 saturated carbocycles. The van der Waals surface area contributed by atoms with E-state index in [9.17, 15) is 9.00 Å². The minimum atomic E-state index is -1.51. The molecule has 3 rings (SSSR count). The van der Waals surface area contributed by atoms with Gasteiger partial charge in [-0.1, -0.05) is 29.3 Å². The highest BCUT2D eigenvalue weighted by atomic mass is 35.5. The maximum atomic E-state index is 12.4. The second-order valence-corrected chi connectivity index (χ2v) is 8.51. The Hall–Kier alpha value is -2.00. The van der Waals surface area contributed by atoms with E-state index < -0.39 is 11.1 Å². The molecule has 1 atom stereocenters. The molecule has 0 aliphatic rings. The van der Waals surface area contributed by atoms with Crippen LogP contribution in [0.5, 0.6) is 6.01 Å². The topological polar surface area (TPSA) is 81.2 Å². The van der Waals surface area contributed by atoms with Gasteiger partial charge in [-0.3, -0.25) is 4.79 Å². The number of nitrogens with one attached hydrogen (secondary N) is 1.